The van der Waals surface area contributed by atoms with Gasteiger partial charge in [0.25, 0.3) is 5.91 Å². The molecule has 1 atom stereocenters. The van der Waals surface area contributed by atoms with Crippen LogP contribution in [-0.4, -0.2) is 24.5 Å². The first-order valence-electron chi connectivity index (χ1n) is 6.72. The topological polar surface area (TPSA) is 55.4 Å². The zero-order valence-corrected chi connectivity index (χ0v) is 12.2. The lowest BCUT2D eigenvalue weighted by atomic mass is 10.1. The molecule has 0 fully saturated rings. The van der Waals surface area contributed by atoms with E-state index >= 15 is 0 Å². The number of aryl methyl sites for hydroxylation is 1. The van der Waals surface area contributed by atoms with Crippen LogP contribution in [0.4, 0.5) is 0 Å². The first-order chi connectivity index (χ1) is 9.52. The zero-order valence-electron chi connectivity index (χ0n) is 12.2. The van der Waals surface area contributed by atoms with Crippen molar-refractivity contribution in [1.82, 2.24) is 5.32 Å². The van der Waals surface area contributed by atoms with Gasteiger partial charge in [-0.3, -0.25) is 4.79 Å². The minimum Gasteiger partial charge on any atom is -0.452 e. The van der Waals surface area contributed by atoms with Gasteiger partial charge in [-0.1, -0.05) is 31.2 Å². The van der Waals surface area contributed by atoms with Crippen molar-refractivity contribution in [3.05, 3.63) is 41.5 Å². The molecule has 0 radical (unpaired) electrons. The Morgan fingerprint density at radius 1 is 1.35 bits per heavy atom. The average Bonchev–Trinajstić information content (AvgIpc) is 2.44. The number of rotatable bonds is 6. The standard InChI is InChI=1S/C16H21NO3/c1-4-13(3)17-15(18)11-20-16(19)10-9-14-8-6-5-7-12(14)2/h5-10,13H,4,11H2,1-3H3,(H,17,18)/b10-9+/t13-/m1/s1. The van der Waals surface area contributed by atoms with E-state index in [1.807, 2.05) is 45.0 Å². The molecule has 1 rings (SSSR count). The van der Waals surface area contributed by atoms with E-state index in [-0.39, 0.29) is 18.6 Å². The molecule has 1 amide bonds. The summed E-state index contributed by atoms with van der Waals surface area (Å²) in [5.41, 5.74) is 2.03. The van der Waals surface area contributed by atoms with Crippen molar-refractivity contribution >= 4 is 18.0 Å². The number of carbonyl (C=O) groups excluding carboxylic acids is 2. The van der Waals surface area contributed by atoms with E-state index in [0.29, 0.717) is 0 Å². The molecule has 0 aliphatic carbocycles. The molecule has 4 nitrogen and oxygen atoms in total. The lowest BCUT2D eigenvalue weighted by Gasteiger charge is -2.10. The summed E-state index contributed by atoms with van der Waals surface area (Å²) in [6, 6.07) is 7.80. The number of nitrogens with one attached hydrogen (secondary N) is 1. The molecular weight excluding hydrogens is 254 g/mol. The molecule has 0 aliphatic heterocycles. The van der Waals surface area contributed by atoms with Gasteiger partial charge in [-0.15, -0.1) is 0 Å². The van der Waals surface area contributed by atoms with Crippen molar-refractivity contribution in [3.63, 3.8) is 0 Å². The van der Waals surface area contributed by atoms with Crippen LogP contribution in [0.15, 0.2) is 30.3 Å². The van der Waals surface area contributed by atoms with Gasteiger partial charge in [0.1, 0.15) is 0 Å². The monoisotopic (exact) mass is 275 g/mol. The van der Waals surface area contributed by atoms with E-state index in [1.54, 1.807) is 6.08 Å². The SMILES string of the molecule is CC[C@@H](C)NC(=O)COC(=O)/C=C/c1ccccc1C. The van der Waals surface area contributed by atoms with Crippen LogP contribution >= 0.6 is 0 Å². The first-order valence-corrected chi connectivity index (χ1v) is 6.72. The maximum absolute atomic E-state index is 11.5. The maximum atomic E-state index is 11.5. The molecule has 0 unspecified atom stereocenters. The predicted molar refractivity (Wildman–Crippen MR) is 79.1 cm³/mol. The molecule has 1 aromatic carbocycles. The number of hydrogen-bond acceptors (Lipinski definition) is 3. The van der Waals surface area contributed by atoms with Crippen LogP contribution in [0.25, 0.3) is 6.08 Å². The van der Waals surface area contributed by atoms with Gasteiger partial charge in [0.05, 0.1) is 0 Å². The highest BCUT2D eigenvalue weighted by Crippen LogP contribution is 2.08. The normalized spacial score (nSPS) is 12.2. The van der Waals surface area contributed by atoms with Gasteiger partial charge in [-0.25, -0.2) is 4.79 Å². The third-order valence-corrected chi connectivity index (χ3v) is 2.95. The highest BCUT2D eigenvalue weighted by atomic mass is 16.5. The van der Waals surface area contributed by atoms with Gasteiger partial charge in [0, 0.05) is 12.1 Å². The zero-order chi connectivity index (χ0) is 15.0. The fraction of sp³-hybridized carbons (Fsp3) is 0.375. The van der Waals surface area contributed by atoms with Crippen LogP contribution in [0.1, 0.15) is 31.4 Å². The summed E-state index contributed by atoms with van der Waals surface area (Å²) in [7, 11) is 0. The maximum Gasteiger partial charge on any atom is 0.331 e. The van der Waals surface area contributed by atoms with E-state index in [0.717, 1.165) is 17.5 Å². The molecule has 20 heavy (non-hydrogen) atoms. The second-order valence-corrected chi connectivity index (χ2v) is 4.67. The summed E-state index contributed by atoms with van der Waals surface area (Å²) < 4.78 is 4.87. The molecule has 0 saturated carbocycles. The number of ether oxygens (including phenoxy) is 1. The van der Waals surface area contributed by atoms with E-state index in [2.05, 4.69) is 5.32 Å². The number of carbonyl (C=O) groups is 2. The Kier molecular flexibility index (Phi) is 6.50. The lowest BCUT2D eigenvalue weighted by Crippen LogP contribution is -2.35. The van der Waals surface area contributed by atoms with Crippen LogP contribution in [0.5, 0.6) is 0 Å². The number of hydrogen-bond donors (Lipinski definition) is 1. The molecule has 0 saturated heterocycles. The lowest BCUT2D eigenvalue weighted by molar-refractivity contribution is -0.144. The molecule has 0 bridgehead atoms. The Morgan fingerprint density at radius 3 is 2.70 bits per heavy atom. The van der Waals surface area contributed by atoms with Crippen molar-refractivity contribution in [2.75, 3.05) is 6.61 Å². The van der Waals surface area contributed by atoms with Crippen LogP contribution in [0.3, 0.4) is 0 Å². The fourth-order valence-corrected chi connectivity index (χ4v) is 1.53. The van der Waals surface area contributed by atoms with E-state index < -0.39 is 5.97 Å². The van der Waals surface area contributed by atoms with Gasteiger partial charge >= 0.3 is 5.97 Å². The summed E-state index contributed by atoms with van der Waals surface area (Å²) in [4.78, 5) is 22.9. The van der Waals surface area contributed by atoms with Crippen molar-refractivity contribution in [1.29, 1.82) is 0 Å². The van der Waals surface area contributed by atoms with Crippen LogP contribution < -0.4 is 5.32 Å². The Labute approximate surface area is 119 Å². The summed E-state index contributed by atoms with van der Waals surface area (Å²) in [6.07, 6.45) is 3.86. The Bertz CT molecular complexity index is 494. The third kappa shape index (κ3) is 5.69. The molecule has 0 heterocycles. The van der Waals surface area contributed by atoms with E-state index in [4.69, 9.17) is 4.74 Å². The summed E-state index contributed by atoms with van der Waals surface area (Å²) in [5, 5.41) is 2.73. The largest absolute Gasteiger partial charge is 0.452 e. The minimum atomic E-state index is -0.521. The number of amides is 1. The van der Waals surface area contributed by atoms with Crippen LogP contribution in [0.2, 0.25) is 0 Å². The molecule has 1 N–H and O–H groups in total. The van der Waals surface area contributed by atoms with Crippen molar-refractivity contribution in [2.45, 2.75) is 33.2 Å². The molecule has 0 aromatic heterocycles. The van der Waals surface area contributed by atoms with Gasteiger partial charge in [-0.05, 0) is 37.5 Å². The van der Waals surface area contributed by atoms with Gasteiger partial charge in [-0.2, -0.15) is 0 Å². The smallest absolute Gasteiger partial charge is 0.331 e. The first kappa shape index (κ1) is 16.0. The van der Waals surface area contributed by atoms with Crippen molar-refractivity contribution in [3.8, 4) is 0 Å². The fourth-order valence-electron chi connectivity index (χ4n) is 1.53. The highest BCUT2D eigenvalue weighted by molar-refractivity contribution is 5.89. The van der Waals surface area contributed by atoms with E-state index in [9.17, 15) is 9.59 Å². The van der Waals surface area contributed by atoms with Crippen molar-refractivity contribution in [2.24, 2.45) is 0 Å². The van der Waals surface area contributed by atoms with Gasteiger partial charge in [0.15, 0.2) is 6.61 Å². The van der Waals surface area contributed by atoms with Crippen LogP contribution in [-0.2, 0) is 14.3 Å². The number of esters is 1. The molecule has 0 aliphatic rings. The van der Waals surface area contributed by atoms with Gasteiger partial charge in [0.2, 0.25) is 0 Å². The third-order valence-electron chi connectivity index (χ3n) is 2.95. The van der Waals surface area contributed by atoms with E-state index in [1.165, 1.54) is 6.08 Å². The van der Waals surface area contributed by atoms with Crippen molar-refractivity contribution < 1.29 is 14.3 Å². The quantitative estimate of drug-likeness (QED) is 0.641. The summed E-state index contributed by atoms with van der Waals surface area (Å²) in [6.45, 7) is 5.59. The Hall–Kier alpha value is -2.10. The Balaban J connectivity index is 2.41. The molecule has 1 aromatic rings. The summed E-state index contributed by atoms with van der Waals surface area (Å²) in [5.74, 6) is -0.801. The molecule has 4 heteroatoms. The minimum absolute atomic E-state index is 0.0868. The second-order valence-electron chi connectivity index (χ2n) is 4.67. The van der Waals surface area contributed by atoms with Crippen LogP contribution in [0, 0.1) is 6.92 Å². The number of benzene rings is 1. The molecule has 0 spiro atoms. The predicted octanol–water partition coefficient (Wildman–Crippen LogP) is 2.47. The highest BCUT2D eigenvalue weighted by Gasteiger charge is 2.07. The Morgan fingerprint density at radius 2 is 2.05 bits per heavy atom. The average molecular weight is 275 g/mol. The van der Waals surface area contributed by atoms with Gasteiger partial charge < -0.3 is 10.1 Å². The summed E-state index contributed by atoms with van der Waals surface area (Å²) >= 11 is 0. The molecule has 108 valence electrons. The molecular formula is C16H21NO3. The second kappa shape index (κ2) is 8.15.